The number of benzene rings is 1. The van der Waals surface area contributed by atoms with Crippen molar-refractivity contribution < 1.29 is 9.21 Å². The Morgan fingerprint density at radius 1 is 1.42 bits per heavy atom. The fourth-order valence-corrected chi connectivity index (χ4v) is 3.53. The molecule has 0 aliphatic carbocycles. The predicted octanol–water partition coefficient (Wildman–Crippen LogP) is 1.43. The minimum Gasteiger partial charge on any atom is -0.408 e. The Kier molecular flexibility index (Phi) is 4.34. The molecule has 26 heavy (non-hydrogen) atoms. The number of nitrogens with zero attached hydrogens (tertiary/aromatic N) is 4. The summed E-state index contributed by atoms with van der Waals surface area (Å²) in [6.07, 6.45) is 5.86. The summed E-state index contributed by atoms with van der Waals surface area (Å²) in [6.45, 7) is 2.04. The van der Waals surface area contributed by atoms with Crippen molar-refractivity contribution in [3.8, 4) is 0 Å². The van der Waals surface area contributed by atoms with Gasteiger partial charge in [0.25, 0.3) is 0 Å². The first-order chi connectivity index (χ1) is 12.6. The molecule has 1 aromatic carbocycles. The van der Waals surface area contributed by atoms with Crippen molar-refractivity contribution in [1.29, 1.82) is 0 Å². The molecule has 2 aromatic heterocycles. The quantitative estimate of drug-likeness (QED) is 0.748. The van der Waals surface area contributed by atoms with E-state index in [1.807, 2.05) is 16.9 Å². The Balaban J connectivity index is 1.41. The van der Waals surface area contributed by atoms with Gasteiger partial charge in [-0.2, -0.15) is 5.10 Å². The standard InChI is InChI=1S/C18H21N5O3/c1-21-15-6-5-13(10-16(15)26-18(21)25)20-17(24)12-22-8-2-4-14(22)11-23-9-3-7-19-23/h3,5-7,9-10,14H,2,4,8,11-12H2,1H3,(H,20,24). The van der Waals surface area contributed by atoms with Gasteiger partial charge < -0.3 is 9.73 Å². The second kappa shape index (κ2) is 6.80. The summed E-state index contributed by atoms with van der Waals surface area (Å²) in [7, 11) is 1.65. The van der Waals surface area contributed by atoms with E-state index in [9.17, 15) is 9.59 Å². The summed E-state index contributed by atoms with van der Waals surface area (Å²) in [6, 6.07) is 7.45. The number of rotatable bonds is 5. The normalized spacial score (nSPS) is 17.8. The molecule has 136 valence electrons. The van der Waals surface area contributed by atoms with E-state index in [2.05, 4.69) is 15.3 Å². The summed E-state index contributed by atoms with van der Waals surface area (Å²) in [5.74, 6) is -0.489. The molecular formula is C18H21N5O3. The fourth-order valence-electron chi connectivity index (χ4n) is 3.53. The largest absolute Gasteiger partial charge is 0.419 e. The molecular weight excluding hydrogens is 334 g/mol. The van der Waals surface area contributed by atoms with Crippen LogP contribution in [0.25, 0.3) is 11.1 Å². The monoisotopic (exact) mass is 355 g/mol. The molecule has 1 aliphatic rings. The number of nitrogens with one attached hydrogen (secondary N) is 1. The second-order valence-corrected chi connectivity index (χ2v) is 6.65. The number of anilines is 1. The van der Waals surface area contributed by atoms with Crippen LogP contribution in [-0.4, -0.2) is 44.3 Å². The van der Waals surface area contributed by atoms with Crippen molar-refractivity contribution >= 4 is 22.7 Å². The maximum absolute atomic E-state index is 12.5. The van der Waals surface area contributed by atoms with Gasteiger partial charge in [0.15, 0.2) is 5.58 Å². The first-order valence-electron chi connectivity index (χ1n) is 8.71. The maximum atomic E-state index is 12.5. The highest BCUT2D eigenvalue weighted by atomic mass is 16.4. The van der Waals surface area contributed by atoms with Crippen molar-refractivity contribution in [2.45, 2.75) is 25.4 Å². The third-order valence-electron chi connectivity index (χ3n) is 4.88. The van der Waals surface area contributed by atoms with Gasteiger partial charge >= 0.3 is 5.76 Å². The molecule has 8 heteroatoms. The molecule has 1 atom stereocenters. The van der Waals surface area contributed by atoms with E-state index in [0.717, 1.165) is 25.9 Å². The van der Waals surface area contributed by atoms with E-state index in [1.165, 1.54) is 4.57 Å². The van der Waals surface area contributed by atoms with Gasteiger partial charge in [0, 0.05) is 37.2 Å². The highest BCUT2D eigenvalue weighted by molar-refractivity contribution is 5.94. The number of carbonyl (C=O) groups excluding carboxylic acids is 1. The van der Waals surface area contributed by atoms with E-state index in [-0.39, 0.29) is 5.91 Å². The average Bonchev–Trinajstić information content (AvgIpc) is 3.32. The molecule has 1 fully saturated rings. The van der Waals surface area contributed by atoms with Crippen LogP contribution in [0.2, 0.25) is 0 Å². The summed E-state index contributed by atoms with van der Waals surface area (Å²) < 4.78 is 8.51. The zero-order valence-corrected chi connectivity index (χ0v) is 14.6. The summed E-state index contributed by atoms with van der Waals surface area (Å²) in [5.41, 5.74) is 1.79. The number of aromatic nitrogens is 3. The van der Waals surface area contributed by atoms with Crippen LogP contribution in [0.4, 0.5) is 5.69 Å². The number of hydrogen-bond donors (Lipinski definition) is 1. The first kappa shape index (κ1) is 16.6. The second-order valence-electron chi connectivity index (χ2n) is 6.65. The van der Waals surface area contributed by atoms with Crippen LogP contribution in [0.3, 0.4) is 0 Å². The lowest BCUT2D eigenvalue weighted by Gasteiger charge is -2.23. The molecule has 1 unspecified atom stereocenters. The minimum absolute atomic E-state index is 0.0741. The SMILES string of the molecule is Cn1c(=O)oc2cc(NC(=O)CN3CCCC3Cn3cccn3)ccc21. The lowest BCUT2D eigenvalue weighted by molar-refractivity contribution is -0.117. The van der Waals surface area contributed by atoms with E-state index in [4.69, 9.17) is 4.42 Å². The van der Waals surface area contributed by atoms with Crippen molar-refractivity contribution in [2.24, 2.45) is 7.05 Å². The third kappa shape index (κ3) is 3.28. The van der Waals surface area contributed by atoms with E-state index >= 15 is 0 Å². The Labute approximate surface area is 150 Å². The van der Waals surface area contributed by atoms with Crippen LogP contribution < -0.4 is 11.1 Å². The lowest BCUT2D eigenvalue weighted by atomic mass is 10.2. The van der Waals surface area contributed by atoms with Crippen LogP contribution in [-0.2, 0) is 18.4 Å². The highest BCUT2D eigenvalue weighted by Crippen LogP contribution is 2.20. The zero-order chi connectivity index (χ0) is 18.1. The molecule has 8 nitrogen and oxygen atoms in total. The number of oxazole rings is 1. The molecule has 1 amide bonds. The number of amides is 1. The van der Waals surface area contributed by atoms with Gasteiger partial charge in [-0.25, -0.2) is 4.79 Å². The van der Waals surface area contributed by atoms with E-state index in [1.54, 1.807) is 31.4 Å². The molecule has 1 N–H and O–H groups in total. The fraction of sp³-hybridized carbons (Fsp3) is 0.389. The van der Waals surface area contributed by atoms with Crippen molar-refractivity contribution in [1.82, 2.24) is 19.2 Å². The van der Waals surface area contributed by atoms with Gasteiger partial charge in [0.1, 0.15) is 0 Å². The molecule has 1 aliphatic heterocycles. The molecule has 0 radical (unpaired) electrons. The van der Waals surface area contributed by atoms with E-state index in [0.29, 0.717) is 29.4 Å². The Bertz CT molecular complexity index is 973. The smallest absolute Gasteiger partial charge is 0.408 e. The highest BCUT2D eigenvalue weighted by Gasteiger charge is 2.26. The molecule has 0 bridgehead atoms. The lowest BCUT2D eigenvalue weighted by Crippen LogP contribution is -2.39. The van der Waals surface area contributed by atoms with Gasteiger partial charge in [-0.15, -0.1) is 0 Å². The zero-order valence-electron chi connectivity index (χ0n) is 14.6. The van der Waals surface area contributed by atoms with Gasteiger partial charge in [-0.05, 0) is 37.6 Å². The minimum atomic E-state index is -0.415. The van der Waals surface area contributed by atoms with Crippen molar-refractivity contribution in [3.05, 3.63) is 47.2 Å². The molecule has 0 saturated carbocycles. The van der Waals surface area contributed by atoms with Crippen molar-refractivity contribution in [2.75, 3.05) is 18.4 Å². The van der Waals surface area contributed by atoms with E-state index < -0.39 is 5.76 Å². The Morgan fingerprint density at radius 2 is 2.31 bits per heavy atom. The van der Waals surface area contributed by atoms with Crippen LogP contribution in [0.5, 0.6) is 0 Å². The van der Waals surface area contributed by atoms with Crippen molar-refractivity contribution in [3.63, 3.8) is 0 Å². The summed E-state index contributed by atoms with van der Waals surface area (Å²) in [4.78, 5) is 26.2. The number of hydrogen-bond acceptors (Lipinski definition) is 5. The van der Waals surface area contributed by atoms with Gasteiger partial charge in [-0.3, -0.25) is 18.9 Å². The molecule has 0 spiro atoms. The van der Waals surface area contributed by atoms with Crippen LogP contribution in [0, 0.1) is 0 Å². The molecule has 1 saturated heterocycles. The number of likely N-dealkylation sites (tertiary alicyclic amines) is 1. The molecule has 3 heterocycles. The third-order valence-corrected chi connectivity index (χ3v) is 4.88. The molecule has 3 aromatic rings. The van der Waals surface area contributed by atoms with Gasteiger partial charge in [-0.1, -0.05) is 0 Å². The summed E-state index contributed by atoms with van der Waals surface area (Å²) in [5, 5.41) is 7.15. The number of fused-ring (bicyclic) bond motifs is 1. The van der Waals surface area contributed by atoms with Crippen LogP contribution in [0.1, 0.15) is 12.8 Å². The Morgan fingerprint density at radius 3 is 3.12 bits per heavy atom. The number of aryl methyl sites for hydroxylation is 1. The molecule has 4 rings (SSSR count). The topological polar surface area (TPSA) is 85.3 Å². The average molecular weight is 355 g/mol. The Hall–Kier alpha value is -2.87. The maximum Gasteiger partial charge on any atom is 0.419 e. The predicted molar refractivity (Wildman–Crippen MR) is 96.9 cm³/mol. The summed E-state index contributed by atoms with van der Waals surface area (Å²) >= 11 is 0. The van der Waals surface area contributed by atoms with Crippen LogP contribution >= 0.6 is 0 Å². The first-order valence-corrected chi connectivity index (χ1v) is 8.71. The van der Waals surface area contributed by atoms with Gasteiger partial charge in [0.05, 0.1) is 18.6 Å². The van der Waals surface area contributed by atoms with Crippen LogP contribution in [0.15, 0.2) is 45.9 Å². The van der Waals surface area contributed by atoms with Gasteiger partial charge in [0.2, 0.25) is 5.91 Å². The number of carbonyl (C=O) groups is 1.